The van der Waals surface area contributed by atoms with E-state index in [1.54, 1.807) is 0 Å². The Bertz CT molecular complexity index is 231. The van der Waals surface area contributed by atoms with Crippen molar-refractivity contribution >= 4 is 39.2 Å². The van der Waals surface area contributed by atoms with Crippen LogP contribution in [0.25, 0.3) is 0 Å². The van der Waals surface area contributed by atoms with Crippen LogP contribution < -0.4 is 10.2 Å². The SMILES string of the molecule is CCCCC(CC)C(=O)[O-].CCCCC(CC)C(=O)[O-].[PbH2+2]. The maximum absolute atomic E-state index is 10.3. The summed E-state index contributed by atoms with van der Waals surface area (Å²) in [5.41, 5.74) is 0. The number of aliphatic carboxylic acids is 2. The van der Waals surface area contributed by atoms with E-state index < -0.39 is 11.9 Å². The molecule has 0 bridgehead atoms. The molecule has 0 N–H and O–H groups in total. The number of carbonyl (C=O) groups excluding carboxylic acids is 2. The summed E-state index contributed by atoms with van der Waals surface area (Å²) in [6.45, 7) is 7.89. The van der Waals surface area contributed by atoms with Crippen LogP contribution in [0.5, 0.6) is 0 Å². The first kappa shape index (κ1) is 25.8. The zero-order valence-electron chi connectivity index (χ0n) is 14.2. The van der Waals surface area contributed by atoms with Crippen LogP contribution in [0.2, 0.25) is 0 Å². The first-order chi connectivity index (χ1) is 9.44. The number of unbranched alkanes of at least 4 members (excludes halogenated alkanes) is 2. The van der Waals surface area contributed by atoms with Crippen LogP contribution in [0.15, 0.2) is 0 Å². The average molecular weight is 496 g/mol. The van der Waals surface area contributed by atoms with Gasteiger partial charge in [-0.2, -0.15) is 0 Å². The van der Waals surface area contributed by atoms with Crippen LogP contribution in [0.1, 0.15) is 79.1 Å². The van der Waals surface area contributed by atoms with Crippen LogP contribution in [0.3, 0.4) is 0 Å². The topological polar surface area (TPSA) is 80.3 Å². The molecule has 0 spiro atoms. The minimum absolute atomic E-state index is 0. The van der Waals surface area contributed by atoms with Gasteiger partial charge in [-0.3, -0.25) is 0 Å². The summed E-state index contributed by atoms with van der Waals surface area (Å²) in [6, 6.07) is 0. The molecule has 0 saturated heterocycles. The van der Waals surface area contributed by atoms with Gasteiger partial charge >= 0.3 is 27.3 Å². The molecule has 0 aromatic carbocycles. The Kier molecular flexibility index (Phi) is 22.0. The van der Waals surface area contributed by atoms with Gasteiger partial charge in [0.2, 0.25) is 0 Å². The molecular weight excluding hydrogens is 463 g/mol. The molecule has 0 saturated carbocycles. The fourth-order valence-electron chi connectivity index (χ4n) is 1.88. The van der Waals surface area contributed by atoms with E-state index in [0.717, 1.165) is 38.5 Å². The van der Waals surface area contributed by atoms with Crippen LogP contribution in [-0.2, 0) is 9.59 Å². The summed E-state index contributed by atoms with van der Waals surface area (Å²) in [6.07, 6.45) is 7.04. The third-order valence-electron chi connectivity index (χ3n) is 3.46. The van der Waals surface area contributed by atoms with Crippen LogP contribution in [0.4, 0.5) is 0 Å². The van der Waals surface area contributed by atoms with Gasteiger partial charge in [0, 0.05) is 11.9 Å². The van der Waals surface area contributed by atoms with E-state index in [4.69, 9.17) is 0 Å². The van der Waals surface area contributed by atoms with Crippen LogP contribution >= 0.6 is 0 Å². The van der Waals surface area contributed by atoms with Crippen LogP contribution in [0, 0.1) is 11.8 Å². The molecule has 21 heavy (non-hydrogen) atoms. The molecule has 2 unspecified atom stereocenters. The second-order valence-corrected chi connectivity index (χ2v) is 5.13. The number of hydrogen-bond acceptors (Lipinski definition) is 4. The molecular formula is C16H32O4Pb. The monoisotopic (exact) mass is 496 g/mol. The van der Waals surface area contributed by atoms with Gasteiger partial charge in [-0.1, -0.05) is 53.4 Å². The number of carboxylic acid groups (broad SMARTS) is 2. The van der Waals surface area contributed by atoms with Crippen molar-refractivity contribution < 1.29 is 19.8 Å². The van der Waals surface area contributed by atoms with Crippen molar-refractivity contribution in [2.45, 2.75) is 79.1 Å². The number of hydrogen-bond donors (Lipinski definition) is 0. The Morgan fingerprint density at radius 3 is 1.19 bits per heavy atom. The third kappa shape index (κ3) is 16.1. The van der Waals surface area contributed by atoms with Gasteiger partial charge in [0.15, 0.2) is 0 Å². The van der Waals surface area contributed by atoms with E-state index in [9.17, 15) is 19.8 Å². The second-order valence-electron chi connectivity index (χ2n) is 5.13. The summed E-state index contributed by atoms with van der Waals surface area (Å²) >= 11 is 0. The van der Waals surface area contributed by atoms with E-state index in [1.165, 1.54) is 0 Å². The van der Waals surface area contributed by atoms with Crippen LogP contribution in [-0.4, -0.2) is 39.2 Å². The fourth-order valence-corrected chi connectivity index (χ4v) is 1.88. The molecule has 0 aliphatic heterocycles. The van der Waals surface area contributed by atoms with Crippen molar-refractivity contribution in [3.63, 3.8) is 0 Å². The Morgan fingerprint density at radius 1 is 0.762 bits per heavy atom. The standard InChI is InChI=1S/2C8H16O2.Pb.2H/c2*1-3-5-6-7(4-2)8(9)10;;;/h2*7H,3-6H2,1-2H3,(H,9,10);;;/q;;+2;;/p-2. The van der Waals surface area contributed by atoms with Crippen molar-refractivity contribution in [2.75, 3.05) is 0 Å². The fraction of sp³-hybridized carbons (Fsp3) is 0.875. The van der Waals surface area contributed by atoms with E-state index in [-0.39, 0.29) is 39.1 Å². The first-order valence-electron chi connectivity index (χ1n) is 7.86. The predicted molar refractivity (Wildman–Crippen MR) is 85.2 cm³/mol. The van der Waals surface area contributed by atoms with Crippen molar-refractivity contribution in [3.8, 4) is 0 Å². The molecule has 5 heteroatoms. The van der Waals surface area contributed by atoms with Crippen molar-refractivity contribution in [2.24, 2.45) is 11.8 Å². The van der Waals surface area contributed by atoms with Gasteiger partial charge in [0.25, 0.3) is 0 Å². The molecule has 124 valence electrons. The van der Waals surface area contributed by atoms with E-state index in [0.29, 0.717) is 12.8 Å². The Labute approximate surface area is 149 Å². The summed E-state index contributed by atoms with van der Waals surface area (Å²) < 4.78 is 0. The van der Waals surface area contributed by atoms with Gasteiger partial charge in [0.1, 0.15) is 0 Å². The summed E-state index contributed by atoms with van der Waals surface area (Å²) in [7, 11) is 0. The Morgan fingerprint density at radius 2 is 1.05 bits per heavy atom. The predicted octanol–water partition coefficient (Wildman–Crippen LogP) is 0.989. The molecule has 0 heterocycles. The summed E-state index contributed by atoms with van der Waals surface area (Å²) in [4.78, 5) is 20.7. The van der Waals surface area contributed by atoms with E-state index in [1.807, 2.05) is 13.8 Å². The van der Waals surface area contributed by atoms with E-state index in [2.05, 4.69) is 13.8 Å². The zero-order chi connectivity index (χ0) is 16.0. The maximum atomic E-state index is 10.3. The van der Waals surface area contributed by atoms with Gasteiger partial charge in [-0.05, 0) is 37.5 Å². The van der Waals surface area contributed by atoms with Gasteiger partial charge < -0.3 is 19.8 Å². The molecule has 0 aliphatic carbocycles. The second kappa shape index (κ2) is 17.9. The Balaban J connectivity index is -0.000000295. The number of rotatable bonds is 10. The van der Waals surface area contributed by atoms with Gasteiger partial charge in [-0.15, -0.1) is 0 Å². The van der Waals surface area contributed by atoms with Crippen molar-refractivity contribution in [1.82, 2.24) is 0 Å². The first-order valence-corrected chi connectivity index (χ1v) is 7.86. The normalized spacial score (nSPS) is 12.4. The number of carbonyl (C=O) groups is 2. The summed E-state index contributed by atoms with van der Waals surface area (Å²) in [5.74, 6) is -2.23. The molecule has 0 aromatic heterocycles. The molecule has 4 nitrogen and oxygen atoms in total. The summed E-state index contributed by atoms with van der Waals surface area (Å²) in [5, 5.41) is 20.7. The minimum atomic E-state index is -0.893. The molecule has 0 fully saturated rings. The third-order valence-corrected chi connectivity index (χ3v) is 3.46. The average Bonchev–Trinajstić information content (AvgIpc) is 2.40. The molecule has 0 radical (unpaired) electrons. The molecule has 0 aromatic rings. The number of carboxylic acids is 2. The molecule has 2 atom stereocenters. The molecule has 0 amide bonds. The van der Waals surface area contributed by atoms with E-state index >= 15 is 0 Å². The van der Waals surface area contributed by atoms with Gasteiger partial charge in [0.05, 0.1) is 0 Å². The van der Waals surface area contributed by atoms with Crippen molar-refractivity contribution in [3.05, 3.63) is 0 Å². The molecule has 0 rings (SSSR count). The quantitative estimate of drug-likeness (QED) is 0.424. The van der Waals surface area contributed by atoms with Gasteiger partial charge in [-0.25, -0.2) is 0 Å². The molecule has 0 aliphatic rings. The zero-order valence-corrected chi connectivity index (χ0v) is 19.6. The van der Waals surface area contributed by atoms with Crippen molar-refractivity contribution in [1.29, 1.82) is 0 Å². The Hall–Kier alpha value is -0.138.